The van der Waals surface area contributed by atoms with Crippen LogP contribution in [-0.2, 0) is 6.54 Å². The van der Waals surface area contributed by atoms with Gasteiger partial charge in [0.05, 0.1) is 12.3 Å². The minimum Gasteiger partial charge on any atom is -0.506 e. The van der Waals surface area contributed by atoms with Gasteiger partial charge in [0, 0.05) is 6.42 Å². The molecule has 0 bridgehead atoms. The molecule has 0 saturated heterocycles. The summed E-state index contributed by atoms with van der Waals surface area (Å²) >= 11 is 0. The van der Waals surface area contributed by atoms with E-state index in [1.165, 1.54) is 27.1 Å². The van der Waals surface area contributed by atoms with Crippen molar-refractivity contribution in [2.24, 2.45) is 4.99 Å². The summed E-state index contributed by atoms with van der Waals surface area (Å²) in [6, 6.07) is 40.3. The summed E-state index contributed by atoms with van der Waals surface area (Å²) in [5, 5.41) is 14.5. The molecule has 0 fully saturated rings. The molecule has 0 amide bonds. The zero-order valence-corrected chi connectivity index (χ0v) is 19.8. The molecule has 2 nitrogen and oxygen atoms in total. The molecule has 166 valence electrons. The summed E-state index contributed by atoms with van der Waals surface area (Å²) in [5.41, 5.74) is 4.26. The first kappa shape index (κ1) is 22.1. The summed E-state index contributed by atoms with van der Waals surface area (Å²) < 4.78 is 0. The summed E-state index contributed by atoms with van der Waals surface area (Å²) in [6.45, 7) is 0.532. The molecule has 0 radical (unpaired) electrons. The molecule has 0 aromatic heterocycles. The molecule has 1 N–H and O–H groups in total. The standard InChI is InChI=1S/C31H26NOP/c33-30-21-20-25(24-12-4-1-5-13-24)22-29(30)32-23-26-14-10-11-19-31(26)34(27-15-6-2-7-16-27)28-17-8-3-9-18-28/h1-21,33H,22-23H2. The normalized spacial score (nSPS) is 14.7. The lowest BCUT2D eigenvalue weighted by Gasteiger charge is -2.22. The van der Waals surface area contributed by atoms with Crippen molar-refractivity contribution >= 4 is 35.1 Å². The quantitative estimate of drug-likeness (QED) is 0.337. The highest BCUT2D eigenvalue weighted by molar-refractivity contribution is 7.79. The average Bonchev–Trinajstić information content (AvgIpc) is 2.91. The van der Waals surface area contributed by atoms with E-state index in [0.29, 0.717) is 13.0 Å². The number of hydrogen-bond donors (Lipinski definition) is 1. The highest BCUT2D eigenvalue weighted by Crippen LogP contribution is 2.34. The van der Waals surface area contributed by atoms with Gasteiger partial charge in [0.15, 0.2) is 0 Å². The van der Waals surface area contributed by atoms with Crippen molar-refractivity contribution in [1.29, 1.82) is 0 Å². The summed E-state index contributed by atoms with van der Waals surface area (Å²) in [5.74, 6) is 0.255. The lowest BCUT2D eigenvalue weighted by molar-refractivity contribution is 0.441. The number of rotatable bonds is 6. The van der Waals surface area contributed by atoms with Crippen molar-refractivity contribution in [2.45, 2.75) is 13.0 Å². The largest absolute Gasteiger partial charge is 0.506 e. The van der Waals surface area contributed by atoms with Gasteiger partial charge in [0.2, 0.25) is 0 Å². The molecule has 1 aliphatic rings. The van der Waals surface area contributed by atoms with Crippen LogP contribution in [0.5, 0.6) is 0 Å². The third-order valence-corrected chi connectivity index (χ3v) is 8.49. The summed E-state index contributed by atoms with van der Waals surface area (Å²) in [6.07, 6.45) is 4.37. The van der Waals surface area contributed by atoms with Gasteiger partial charge in [-0.15, -0.1) is 0 Å². The van der Waals surface area contributed by atoms with Crippen molar-refractivity contribution in [3.05, 3.63) is 144 Å². The minimum atomic E-state index is -0.710. The van der Waals surface area contributed by atoms with E-state index in [4.69, 9.17) is 4.99 Å². The van der Waals surface area contributed by atoms with E-state index in [1.54, 1.807) is 6.08 Å². The van der Waals surface area contributed by atoms with Gasteiger partial charge >= 0.3 is 0 Å². The second kappa shape index (κ2) is 10.5. The molecule has 34 heavy (non-hydrogen) atoms. The molecule has 0 unspecified atom stereocenters. The number of nitrogens with zero attached hydrogens (tertiary/aromatic N) is 1. The lowest BCUT2D eigenvalue weighted by atomic mass is 9.95. The lowest BCUT2D eigenvalue weighted by Crippen LogP contribution is -2.23. The fraction of sp³-hybridized carbons (Fsp3) is 0.0645. The SMILES string of the molecule is OC1=CC=C(c2ccccc2)CC1=NCc1ccccc1P(c1ccccc1)c1ccccc1. The smallest absolute Gasteiger partial charge is 0.136 e. The van der Waals surface area contributed by atoms with Crippen LogP contribution in [0, 0.1) is 0 Å². The molecule has 3 heteroatoms. The topological polar surface area (TPSA) is 32.6 Å². The van der Waals surface area contributed by atoms with Gasteiger partial charge < -0.3 is 5.11 Å². The van der Waals surface area contributed by atoms with E-state index >= 15 is 0 Å². The van der Waals surface area contributed by atoms with Gasteiger partial charge in [-0.2, -0.15) is 0 Å². The van der Waals surface area contributed by atoms with Crippen molar-refractivity contribution < 1.29 is 5.11 Å². The van der Waals surface area contributed by atoms with E-state index in [2.05, 4.69) is 97.1 Å². The Balaban J connectivity index is 1.48. The van der Waals surface area contributed by atoms with Gasteiger partial charge in [0.1, 0.15) is 5.76 Å². The second-order valence-electron chi connectivity index (χ2n) is 8.18. The Morgan fingerprint density at radius 3 is 1.85 bits per heavy atom. The Morgan fingerprint density at radius 1 is 0.647 bits per heavy atom. The van der Waals surface area contributed by atoms with Crippen LogP contribution in [0.2, 0.25) is 0 Å². The van der Waals surface area contributed by atoms with Crippen molar-refractivity contribution in [1.82, 2.24) is 0 Å². The maximum absolute atomic E-state index is 10.5. The van der Waals surface area contributed by atoms with E-state index in [1.807, 2.05) is 24.3 Å². The van der Waals surface area contributed by atoms with Gasteiger partial charge in [0.25, 0.3) is 0 Å². The molecule has 0 saturated carbocycles. The van der Waals surface area contributed by atoms with Crippen LogP contribution in [-0.4, -0.2) is 10.8 Å². The van der Waals surface area contributed by atoms with Crippen LogP contribution in [0.25, 0.3) is 5.57 Å². The first-order valence-corrected chi connectivity index (χ1v) is 12.8. The molecule has 4 aromatic rings. The highest BCUT2D eigenvalue weighted by atomic mass is 31.1. The van der Waals surface area contributed by atoms with Gasteiger partial charge in [-0.1, -0.05) is 121 Å². The maximum atomic E-state index is 10.5. The Bertz CT molecular complexity index is 1300. The Morgan fingerprint density at radius 2 is 1.21 bits per heavy atom. The zero-order valence-electron chi connectivity index (χ0n) is 18.9. The first-order valence-electron chi connectivity index (χ1n) is 11.5. The van der Waals surface area contributed by atoms with E-state index < -0.39 is 7.92 Å². The predicted molar refractivity (Wildman–Crippen MR) is 146 cm³/mol. The van der Waals surface area contributed by atoms with E-state index in [9.17, 15) is 5.11 Å². The number of aliphatic imine (C=N–C) groups is 1. The van der Waals surface area contributed by atoms with Crippen LogP contribution in [0.4, 0.5) is 0 Å². The number of allylic oxidation sites excluding steroid dienone is 4. The molecule has 0 aliphatic heterocycles. The zero-order chi connectivity index (χ0) is 23.2. The molecule has 0 heterocycles. The molecule has 0 atom stereocenters. The molecule has 1 aliphatic carbocycles. The minimum absolute atomic E-state index is 0.255. The fourth-order valence-electron chi connectivity index (χ4n) is 4.22. The van der Waals surface area contributed by atoms with Crippen LogP contribution < -0.4 is 15.9 Å². The molecule has 4 aromatic carbocycles. The van der Waals surface area contributed by atoms with E-state index in [-0.39, 0.29) is 5.76 Å². The van der Waals surface area contributed by atoms with Crippen LogP contribution in [0.3, 0.4) is 0 Å². The van der Waals surface area contributed by atoms with Crippen LogP contribution in [0.15, 0.2) is 138 Å². The van der Waals surface area contributed by atoms with Crippen molar-refractivity contribution in [2.75, 3.05) is 0 Å². The van der Waals surface area contributed by atoms with Crippen molar-refractivity contribution in [3.63, 3.8) is 0 Å². The second-order valence-corrected chi connectivity index (χ2v) is 10.4. The van der Waals surface area contributed by atoms with Gasteiger partial charge in [-0.25, -0.2) is 0 Å². The average molecular weight is 460 g/mol. The molecular formula is C31H26NOP. The number of hydrogen-bond acceptors (Lipinski definition) is 2. The first-order chi connectivity index (χ1) is 16.8. The van der Waals surface area contributed by atoms with Crippen LogP contribution >= 0.6 is 7.92 Å². The molecular weight excluding hydrogens is 433 g/mol. The predicted octanol–water partition coefficient (Wildman–Crippen LogP) is 6.32. The highest BCUT2D eigenvalue weighted by Gasteiger charge is 2.20. The third-order valence-electron chi connectivity index (χ3n) is 5.94. The van der Waals surface area contributed by atoms with Gasteiger partial charge in [-0.3, -0.25) is 4.99 Å². The Kier molecular flexibility index (Phi) is 6.79. The molecule has 5 rings (SSSR count). The number of aliphatic hydroxyl groups excluding tert-OH is 1. The van der Waals surface area contributed by atoms with E-state index in [0.717, 1.165) is 11.3 Å². The Hall–Kier alpha value is -3.74. The maximum Gasteiger partial charge on any atom is 0.136 e. The monoisotopic (exact) mass is 459 g/mol. The van der Waals surface area contributed by atoms with Crippen LogP contribution in [0.1, 0.15) is 17.5 Å². The fourth-order valence-corrected chi connectivity index (χ4v) is 6.68. The number of benzene rings is 4. The summed E-state index contributed by atoms with van der Waals surface area (Å²) in [7, 11) is -0.710. The third kappa shape index (κ3) is 4.93. The number of aliphatic hydroxyl groups is 1. The van der Waals surface area contributed by atoms with Crippen molar-refractivity contribution in [3.8, 4) is 0 Å². The molecule has 0 spiro atoms. The Labute approximate surface area is 202 Å². The summed E-state index contributed by atoms with van der Waals surface area (Å²) in [4.78, 5) is 4.91. The van der Waals surface area contributed by atoms with Gasteiger partial charge in [-0.05, 0) is 46.6 Å².